The number of nitrogens with two attached hydrogens (primary N) is 1. The lowest BCUT2D eigenvalue weighted by atomic mass is 10.1. The molecule has 0 saturated carbocycles. The van der Waals surface area contributed by atoms with Gasteiger partial charge in [0.2, 0.25) is 0 Å². The minimum Gasteiger partial charge on any atom is -0.490 e. The van der Waals surface area contributed by atoms with Gasteiger partial charge in [0.15, 0.2) is 11.6 Å². The van der Waals surface area contributed by atoms with Crippen LogP contribution >= 0.6 is 11.6 Å². The third kappa shape index (κ3) is 4.62. The average Bonchev–Trinajstić information content (AvgIpc) is 2.48. The van der Waals surface area contributed by atoms with E-state index in [-0.39, 0.29) is 17.4 Å². The van der Waals surface area contributed by atoms with Gasteiger partial charge in [-0.25, -0.2) is 4.39 Å². The molecule has 0 aliphatic rings. The molecule has 0 unspecified atom stereocenters. The van der Waals surface area contributed by atoms with Crippen LogP contribution in [0.4, 0.5) is 4.39 Å². The van der Waals surface area contributed by atoms with Crippen molar-refractivity contribution >= 4 is 11.6 Å². The second-order valence-electron chi connectivity index (χ2n) is 4.43. The molecule has 0 radical (unpaired) electrons. The maximum absolute atomic E-state index is 13.5. The molecule has 0 heterocycles. The highest BCUT2D eigenvalue weighted by molar-refractivity contribution is 6.32. The van der Waals surface area contributed by atoms with Crippen LogP contribution in [-0.2, 0) is 6.42 Å². The van der Waals surface area contributed by atoms with Gasteiger partial charge < -0.3 is 15.2 Å². The van der Waals surface area contributed by atoms with Gasteiger partial charge in [-0.1, -0.05) is 29.8 Å². The molecule has 2 aromatic rings. The minimum atomic E-state index is -0.478. The van der Waals surface area contributed by atoms with Crippen LogP contribution in [0, 0.1) is 5.82 Å². The largest absolute Gasteiger partial charge is 0.490 e. The van der Waals surface area contributed by atoms with Crippen LogP contribution < -0.4 is 15.2 Å². The quantitative estimate of drug-likeness (QED) is 0.797. The number of rotatable bonds is 7. The standard InChI is InChI=1S/C16H17ClFNO2/c17-14-2-1-3-15(18)16(14)21-11-10-20-13-6-4-12(5-7-13)8-9-19/h1-7H,8-11,19H2. The zero-order valence-corrected chi connectivity index (χ0v) is 12.3. The Kier molecular flexibility index (Phi) is 5.84. The van der Waals surface area contributed by atoms with Crippen molar-refractivity contribution in [3.8, 4) is 11.5 Å². The molecule has 3 nitrogen and oxygen atoms in total. The zero-order chi connectivity index (χ0) is 15.1. The van der Waals surface area contributed by atoms with E-state index in [9.17, 15) is 4.39 Å². The van der Waals surface area contributed by atoms with E-state index in [1.807, 2.05) is 24.3 Å². The van der Waals surface area contributed by atoms with Gasteiger partial charge >= 0.3 is 0 Å². The summed E-state index contributed by atoms with van der Waals surface area (Å²) in [6.07, 6.45) is 0.842. The molecule has 0 saturated heterocycles. The number of hydrogen-bond acceptors (Lipinski definition) is 3. The third-order valence-electron chi connectivity index (χ3n) is 2.87. The number of para-hydroxylation sites is 1. The number of ether oxygens (including phenoxy) is 2. The first kappa shape index (κ1) is 15.6. The van der Waals surface area contributed by atoms with E-state index >= 15 is 0 Å². The minimum absolute atomic E-state index is 0.0565. The molecule has 0 bridgehead atoms. The summed E-state index contributed by atoms with van der Waals surface area (Å²) in [6.45, 7) is 1.14. The van der Waals surface area contributed by atoms with Gasteiger partial charge in [-0.3, -0.25) is 0 Å². The molecule has 5 heteroatoms. The number of halogens is 2. The van der Waals surface area contributed by atoms with Gasteiger partial charge in [0.05, 0.1) is 5.02 Å². The topological polar surface area (TPSA) is 44.5 Å². The van der Waals surface area contributed by atoms with Crippen molar-refractivity contribution < 1.29 is 13.9 Å². The van der Waals surface area contributed by atoms with Crippen LogP contribution in [0.5, 0.6) is 11.5 Å². The average molecular weight is 310 g/mol. The molecule has 2 aromatic carbocycles. The van der Waals surface area contributed by atoms with Crippen LogP contribution in [0.3, 0.4) is 0 Å². The number of hydrogen-bond donors (Lipinski definition) is 1. The summed E-state index contributed by atoms with van der Waals surface area (Å²) >= 11 is 5.86. The second-order valence-corrected chi connectivity index (χ2v) is 4.84. The summed E-state index contributed by atoms with van der Waals surface area (Å²) in [5.41, 5.74) is 6.65. The Balaban J connectivity index is 1.79. The SMILES string of the molecule is NCCc1ccc(OCCOc2c(F)cccc2Cl)cc1. The van der Waals surface area contributed by atoms with Gasteiger partial charge in [0.25, 0.3) is 0 Å². The van der Waals surface area contributed by atoms with Crippen LogP contribution in [0.25, 0.3) is 0 Å². The monoisotopic (exact) mass is 309 g/mol. The lowest BCUT2D eigenvalue weighted by Crippen LogP contribution is -2.10. The predicted molar refractivity (Wildman–Crippen MR) is 81.6 cm³/mol. The normalized spacial score (nSPS) is 10.4. The Morgan fingerprint density at radius 1 is 1.00 bits per heavy atom. The maximum Gasteiger partial charge on any atom is 0.173 e. The first-order valence-corrected chi connectivity index (χ1v) is 7.07. The highest BCUT2D eigenvalue weighted by Gasteiger charge is 2.07. The van der Waals surface area contributed by atoms with Crippen LogP contribution in [-0.4, -0.2) is 19.8 Å². The van der Waals surface area contributed by atoms with Gasteiger partial charge in [0.1, 0.15) is 19.0 Å². The van der Waals surface area contributed by atoms with Gasteiger partial charge in [0, 0.05) is 0 Å². The fraction of sp³-hybridized carbons (Fsp3) is 0.250. The molecule has 0 fully saturated rings. The van der Waals surface area contributed by atoms with Crippen LogP contribution in [0.15, 0.2) is 42.5 Å². The molecule has 112 valence electrons. The van der Waals surface area contributed by atoms with Crippen molar-refractivity contribution in [2.45, 2.75) is 6.42 Å². The summed E-state index contributed by atoms with van der Waals surface area (Å²) in [5.74, 6) is 0.314. The first-order chi connectivity index (χ1) is 10.2. The van der Waals surface area contributed by atoms with Crippen molar-refractivity contribution in [1.82, 2.24) is 0 Å². The molecule has 2 rings (SSSR count). The fourth-order valence-corrected chi connectivity index (χ4v) is 2.06. The molecule has 0 spiro atoms. The van der Waals surface area contributed by atoms with E-state index in [2.05, 4.69) is 0 Å². The Morgan fingerprint density at radius 3 is 2.38 bits per heavy atom. The zero-order valence-electron chi connectivity index (χ0n) is 11.5. The Bertz CT molecular complexity index is 555. The maximum atomic E-state index is 13.5. The van der Waals surface area contributed by atoms with E-state index in [1.54, 1.807) is 6.07 Å². The second kappa shape index (κ2) is 7.86. The summed E-state index contributed by atoms with van der Waals surface area (Å²) in [5, 5.41) is 0.251. The van der Waals surface area contributed by atoms with Gasteiger partial charge in [-0.05, 0) is 42.8 Å². The highest BCUT2D eigenvalue weighted by Crippen LogP contribution is 2.27. The van der Waals surface area contributed by atoms with Crippen LogP contribution in [0.1, 0.15) is 5.56 Å². The van der Waals surface area contributed by atoms with E-state index in [1.165, 1.54) is 17.7 Å². The predicted octanol–water partition coefficient (Wildman–Crippen LogP) is 3.44. The van der Waals surface area contributed by atoms with Crippen molar-refractivity contribution in [3.05, 3.63) is 58.9 Å². The van der Waals surface area contributed by atoms with E-state index in [4.69, 9.17) is 26.8 Å². The van der Waals surface area contributed by atoms with Crippen LogP contribution in [0.2, 0.25) is 5.02 Å². The van der Waals surface area contributed by atoms with E-state index in [0.29, 0.717) is 13.2 Å². The molecule has 0 aromatic heterocycles. The van der Waals surface area contributed by atoms with Crippen molar-refractivity contribution in [2.24, 2.45) is 5.73 Å². The third-order valence-corrected chi connectivity index (χ3v) is 3.17. The summed E-state index contributed by atoms with van der Waals surface area (Å²) < 4.78 is 24.3. The van der Waals surface area contributed by atoms with E-state index in [0.717, 1.165) is 12.2 Å². The lowest BCUT2D eigenvalue weighted by Gasteiger charge is -2.10. The smallest absolute Gasteiger partial charge is 0.173 e. The molecule has 21 heavy (non-hydrogen) atoms. The Labute approximate surface area is 128 Å². The highest BCUT2D eigenvalue weighted by atomic mass is 35.5. The van der Waals surface area contributed by atoms with Gasteiger partial charge in [-0.2, -0.15) is 0 Å². The molecule has 0 aliphatic carbocycles. The lowest BCUT2D eigenvalue weighted by molar-refractivity contribution is 0.211. The summed E-state index contributed by atoms with van der Waals surface area (Å²) in [6, 6.07) is 12.1. The number of benzene rings is 2. The molecule has 0 aliphatic heterocycles. The Hall–Kier alpha value is -1.78. The summed E-state index contributed by atoms with van der Waals surface area (Å²) in [7, 11) is 0. The Morgan fingerprint density at radius 2 is 1.71 bits per heavy atom. The summed E-state index contributed by atoms with van der Waals surface area (Å²) in [4.78, 5) is 0. The fourth-order valence-electron chi connectivity index (χ4n) is 1.84. The molecular weight excluding hydrogens is 293 g/mol. The van der Waals surface area contributed by atoms with Crippen molar-refractivity contribution in [2.75, 3.05) is 19.8 Å². The first-order valence-electron chi connectivity index (χ1n) is 6.69. The van der Waals surface area contributed by atoms with Crippen molar-refractivity contribution in [1.29, 1.82) is 0 Å². The molecule has 0 amide bonds. The van der Waals surface area contributed by atoms with Gasteiger partial charge in [-0.15, -0.1) is 0 Å². The molecule has 2 N–H and O–H groups in total. The molecule has 0 atom stereocenters. The molecular formula is C16H17ClFNO2. The van der Waals surface area contributed by atoms with Crippen molar-refractivity contribution in [3.63, 3.8) is 0 Å². The van der Waals surface area contributed by atoms with E-state index < -0.39 is 5.82 Å².